The molecule has 16 heavy (non-hydrogen) atoms. The summed E-state index contributed by atoms with van der Waals surface area (Å²) >= 11 is 11.3. The molecule has 0 radical (unpaired) electrons. The van der Waals surface area contributed by atoms with Crippen LogP contribution in [0.4, 0.5) is 0 Å². The molecule has 88 valence electrons. The fourth-order valence-corrected chi connectivity index (χ4v) is 1.93. The maximum Gasteiger partial charge on any atom is 0.150 e. The number of halogens is 2. The van der Waals surface area contributed by atoms with E-state index < -0.39 is 0 Å². The summed E-state index contributed by atoms with van der Waals surface area (Å²) in [5.74, 6) is 1.29. The lowest BCUT2D eigenvalue weighted by Crippen LogP contribution is -1.96. The van der Waals surface area contributed by atoms with Gasteiger partial charge < -0.3 is 0 Å². The summed E-state index contributed by atoms with van der Waals surface area (Å²) in [7, 11) is 0. The Bertz CT molecular complexity index is 337. The van der Waals surface area contributed by atoms with Crippen LogP contribution in [0.1, 0.15) is 34.3 Å². The van der Waals surface area contributed by atoms with Crippen LogP contribution < -0.4 is 0 Å². The number of alkyl halides is 2. The zero-order valence-corrected chi connectivity index (χ0v) is 10.7. The minimum atomic E-state index is 0.631. The van der Waals surface area contributed by atoms with Crippen LogP contribution in [0.15, 0.2) is 18.2 Å². The number of aldehydes is 1. The highest BCUT2D eigenvalue weighted by atomic mass is 35.5. The second kappa shape index (κ2) is 7.70. The maximum absolute atomic E-state index is 11.0. The first-order valence-electron chi connectivity index (χ1n) is 5.50. The van der Waals surface area contributed by atoms with E-state index in [0.717, 1.165) is 43.1 Å². The molecule has 0 saturated heterocycles. The first-order chi connectivity index (χ1) is 7.81. The fourth-order valence-electron chi connectivity index (χ4n) is 1.67. The van der Waals surface area contributed by atoms with Crippen LogP contribution in [0.2, 0.25) is 0 Å². The summed E-state index contributed by atoms with van der Waals surface area (Å²) in [4.78, 5) is 11.0. The molecular formula is C13H16Cl2O. The molecule has 0 saturated carbocycles. The molecule has 1 nitrogen and oxygen atoms in total. The lowest BCUT2D eigenvalue weighted by Gasteiger charge is -2.06. The first kappa shape index (κ1) is 13.5. The lowest BCUT2D eigenvalue weighted by atomic mass is 9.99. The summed E-state index contributed by atoms with van der Waals surface area (Å²) in [5.41, 5.74) is 3.06. The van der Waals surface area contributed by atoms with Crippen molar-refractivity contribution in [1.82, 2.24) is 0 Å². The van der Waals surface area contributed by atoms with Crippen molar-refractivity contribution in [2.45, 2.75) is 25.7 Å². The molecule has 0 aliphatic heterocycles. The normalized spacial score (nSPS) is 10.4. The van der Waals surface area contributed by atoms with Gasteiger partial charge in [0.1, 0.15) is 6.29 Å². The average molecular weight is 259 g/mol. The number of aryl methyl sites for hydroxylation is 2. The summed E-state index contributed by atoms with van der Waals surface area (Å²) in [5, 5.41) is 0. The van der Waals surface area contributed by atoms with Crippen LogP contribution >= 0.6 is 23.2 Å². The van der Waals surface area contributed by atoms with E-state index in [9.17, 15) is 4.79 Å². The molecule has 0 spiro atoms. The van der Waals surface area contributed by atoms with Crippen molar-refractivity contribution >= 4 is 29.5 Å². The molecule has 0 amide bonds. The van der Waals surface area contributed by atoms with Gasteiger partial charge in [-0.15, -0.1) is 23.2 Å². The van der Waals surface area contributed by atoms with Crippen molar-refractivity contribution < 1.29 is 4.79 Å². The average Bonchev–Trinajstić information content (AvgIpc) is 2.34. The van der Waals surface area contributed by atoms with Crippen molar-refractivity contribution in [1.29, 1.82) is 0 Å². The Hall–Kier alpha value is -0.530. The van der Waals surface area contributed by atoms with Crippen molar-refractivity contribution in [2.24, 2.45) is 0 Å². The van der Waals surface area contributed by atoms with Crippen LogP contribution in [0.3, 0.4) is 0 Å². The molecule has 0 aromatic heterocycles. The van der Waals surface area contributed by atoms with Crippen LogP contribution in [-0.2, 0) is 12.8 Å². The third kappa shape index (κ3) is 4.15. The Labute approximate surface area is 107 Å². The number of carbonyl (C=O) groups excluding carboxylic acids is 1. The van der Waals surface area contributed by atoms with Gasteiger partial charge in [-0.1, -0.05) is 12.1 Å². The fraction of sp³-hybridized carbons (Fsp3) is 0.462. The largest absolute Gasteiger partial charge is 0.298 e. The van der Waals surface area contributed by atoms with Crippen molar-refractivity contribution in [2.75, 3.05) is 11.8 Å². The van der Waals surface area contributed by atoms with Gasteiger partial charge >= 0.3 is 0 Å². The van der Waals surface area contributed by atoms with Crippen LogP contribution in [0, 0.1) is 0 Å². The molecule has 0 aliphatic carbocycles. The molecule has 0 bridgehead atoms. The third-order valence-corrected chi connectivity index (χ3v) is 3.05. The molecule has 1 aromatic rings. The first-order valence-corrected chi connectivity index (χ1v) is 6.57. The van der Waals surface area contributed by atoms with Crippen LogP contribution in [0.5, 0.6) is 0 Å². The van der Waals surface area contributed by atoms with E-state index in [1.54, 1.807) is 0 Å². The smallest absolute Gasteiger partial charge is 0.150 e. The van der Waals surface area contributed by atoms with Crippen LogP contribution in [0.25, 0.3) is 0 Å². The standard InChI is InChI=1S/C13H16Cl2O/c14-7-1-3-11-5-6-12(4-2-8-15)13(9-11)10-16/h5-6,9-10H,1-4,7-8H2. The zero-order valence-electron chi connectivity index (χ0n) is 9.22. The van der Waals surface area contributed by atoms with E-state index in [-0.39, 0.29) is 0 Å². The predicted octanol–water partition coefficient (Wildman–Crippen LogP) is 3.84. The Morgan fingerprint density at radius 2 is 1.75 bits per heavy atom. The van der Waals surface area contributed by atoms with E-state index in [4.69, 9.17) is 23.2 Å². The minimum Gasteiger partial charge on any atom is -0.298 e. The summed E-state index contributed by atoms with van der Waals surface area (Å²) in [6, 6.07) is 6.06. The molecule has 0 heterocycles. The number of hydrogen-bond donors (Lipinski definition) is 0. The number of benzene rings is 1. The number of carbonyl (C=O) groups is 1. The molecule has 1 rings (SSSR count). The quantitative estimate of drug-likeness (QED) is 0.537. The van der Waals surface area contributed by atoms with Gasteiger partial charge in [-0.3, -0.25) is 4.79 Å². The second-order valence-electron chi connectivity index (χ2n) is 3.74. The van der Waals surface area contributed by atoms with Gasteiger partial charge in [-0.05, 0) is 42.9 Å². The second-order valence-corrected chi connectivity index (χ2v) is 4.49. The summed E-state index contributed by atoms with van der Waals surface area (Å²) < 4.78 is 0. The molecule has 0 N–H and O–H groups in total. The highest BCUT2D eigenvalue weighted by molar-refractivity contribution is 6.18. The van der Waals surface area contributed by atoms with Crippen molar-refractivity contribution in [3.05, 3.63) is 34.9 Å². The van der Waals surface area contributed by atoms with Gasteiger partial charge in [-0.25, -0.2) is 0 Å². The molecular weight excluding hydrogens is 243 g/mol. The van der Waals surface area contributed by atoms with Crippen molar-refractivity contribution in [3.8, 4) is 0 Å². The molecule has 0 aliphatic rings. The third-order valence-electron chi connectivity index (χ3n) is 2.52. The van der Waals surface area contributed by atoms with Gasteiger partial charge in [0.15, 0.2) is 0 Å². The van der Waals surface area contributed by atoms with Crippen LogP contribution in [-0.4, -0.2) is 18.0 Å². The van der Waals surface area contributed by atoms with E-state index in [1.165, 1.54) is 5.56 Å². The topological polar surface area (TPSA) is 17.1 Å². The SMILES string of the molecule is O=Cc1cc(CCCCl)ccc1CCCCl. The highest BCUT2D eigenvalue weighted by Crippen LogP contribution is 2.14. The molecule has 1 aromatic carbocycles. The summed E-state index contributed by atoms with van der Waals surface area (Å²) in [6.45, 7) is 0. The molecule has 0 fully saturated rings. The number of hydrogen-bond acceptors (Lipinski definition) is 1. The Kier molecular flexibility index (Phi) is 6.51. The predicted molar refractivity (Wildman–Crippen MR) is 69.9 cm³/mol. The molecule has 0 atom stereocenters. The maximum atomic E-state index is 11.0. The van der Waals surface area contributed by atoms with E-state index in [2.05, 4.69) is 6.07 Å². The highest BCUT2D eigenvalue weighted by Gasteiger charge is 2.03. The Morgan fingerprint density at radius 3 is 2.38 bits per heavy atom. The molecule has 3 heteroatoms. The van der Waals surface area contributed by atoms with Gasteiger partial charge in [0.2, 0.25) is 0 Å². The molecule has 0 unspecified atom stereocenters. The zero-order chi connectivity index (χ0) is 11.8. The Morgan fingerprint density at radius 1 is 1.06 bits per heavy atom. The van der Waals surface area contributed by atoms with E-state index in [1.807, 2.05) is 12.1 Å². The van der Waals surface area contributed by atoms with Crippen molar-refractivity contribution in [3.63, 3.8) is 0 Å². The van der Waals surface area contributed by atoms with E-state index in [0.29, 0.717) is 11.8 Å². The summed E-state index contributed by atoms with van der Waals surface area (Å²) in [6.07, 6.45) is 4.57. The van der Waals surface area contributed by atoms with Gasteiger partial charge in [0.05, 0.1) is 0 Å². The Balaban J connectivity index is 2.75. The van der Waals surface area contributed by atoms with E-state index >= 15 is 0 Å². The van der Waals surface area contributed by atoms with Gasteiger partial charge in [0.25, 0.3) is 0 Å². The lowest BCUT2D eigenvalue weighted by molar-refractivity contribution is 0.112. The monoisotopic (exact) mass is 258 g/mol. The van der Waals surface area contributed by atoms with Gasteiger partial charge in [-0.2, -0.15) is 0 Å². The number of rotatable bonds is 7. The van der Waals surface area contributed by atoms with Gasteiger partial charge in [0, 0.05) is 17.3 Å². The minimum absolute atomic E-state index is 0.631.